The lowest BCUT2D eigenvalue weighted by atomic mass is 9.89. The summed E-state index contributed by atoms with van der Waals surface area (Å²) >= 11 is 0. The van der Waals surface area contributed by atoms with E-state index in [0.717, 1.165) is 25.9 Å². The zero-order valence-corrected chi connectivity index (χ0v) is 11.8. The molecule has 1 aromatic rings. The van der Waals surface area contributed by atoms with Crippen LogP contribution in [-0.4, -0.2) is 18.2 Å². The van der Waals surface area contributed by atoms with Gasteiger partial charge in [0.1, 0.15) is 0 Å². The normalized spacial score (nSPS) is 30.1. The van der Waals surface area contributed by atoms with E-state index >= 15 is 0 Å². The van der Waals surface area contributed by atoms with Crippen molar-refractivity contribution in [2.75, 3.05) is 6.61 Å². The fourth-order valence-electron chi connectivity index (χ4n) is 2.71. The molecule has 2 rings (SSSR count). The molecule has 3 atom stereocenters. The first-order valence-corrected chi connectivity index (χ1v) is 7.08. The molecule has 2 heteroatoms. The molecule has 0 amide bonds. The van der Waals surface area contributed by atoms with Crippen LogP contribution in [0.4, 0.5) is 0 Å². The molecule has 0 aliphatic carbocycles. The fourth-order valence-corrected chi connectivity index (χ4v) is 2.71. The maximum atomic E-state index is 5.89. The van der Waals surface area contributed by atoms with Gasteiger partial charge in [-0.3, -0.25) is 0 Å². The van der Waals surface area contributed by atoms with Gasteiger partial charge in [0.25, 0.3) is 0 Å². The van der Waals surface area contributed by atoms with Crippen molar-refractivity contribution in [1.82, 2.24) is 5.32 Å². The van der Waals surface area contributed by atoms with Crippen LogP contribution in [0.2, 0.25) is 0 Å². The first-order valence-electron chi connectivity index (χ1n) is 7.08. The molecule has 0 bridgehead atoms. The van der Waals surface area contributed by atoms with Crippen LogP contribution in [0.1, 0.15) is 51.6 Å². The highest BCUT2D eigenvalue weighted by molar-refractivity contribution is 5.18. The monoisotopic (exact) mass is 247 g/mol. The molecule has 1 aliphatic heterocycles. The molecule has 2 nitrogen and oxygen atoms in total. The van der Waals surface area contributed by atoms with Crippen molar-refractivity contribution in [3.05, 3.63) is 35.9 Å². The fraction of sp³-hybridized carbons (Fsp3) is 0.625. The van der Waals surface area contributed by atoms with E-state index in [1.165, 1.54) is 5.56 Å². The lowest BCUT2D eigenvalue weighted by Crippen LogP contribution is -2.45. The van der Waals surface area contributed by atoms with E-state index < -0.39 is 0 Å². The number of ether oxygens (including phenoxy) is 1. The minimum atomic E-state index is 0.0618. The van der Waals surface area contributed by atoms with Gasteiger partial charge in [0.15, 0.2) is 0 Å². The summed E-state index contributed by atoms with van der Waals surface area (Å²) in [5.74, 6) is 0. The highest BCUT2D eigenvalue weighted by atomic mass is 16.5. The minimum Gasteiger partial charge on any atom is -0.375 e. The molecule has 1 fully saturated rings. The van der Waals surface area contributed by atoms with E-state index in [1.807, 2.05) is 0 Å². The summed E-state index contributed by atoms with van der Waals surface area (Å²) in [6.45, 7) is 7.56. The van der Waals surface area contributed by atoms with Gasteiger partial charge in [-0.05, 0) is 38.7 Å². The van der Waals surface area contributed by atoms with Gasteiger partial charge >= 0.3 is 0 Å². The molecular formula is C16H25NO. The van der Waals surface area contributed by atoms with Crippen molar-refractivity contribution >= 4 is 0 Å². The van der Waals surface area contributed by atoms with Crippen molar-refractivity contribution in [3.8, 4) is 0 Å². The molecule has 1 N–H and O–H groups in total. The predicted octanol–water partition coefficient (Wildman–Crippen LogP) is 3.68. The summed E-state index contributed by atoms with van der Waals surface area (Å²) in [7, 11) is 0. The van der Waals surface area contributed by atoms with Crippen LogP contribution >= 0.6 is 0 Å². The van der Waals surface area contributed by atoms with Crippen LogP contribution in [-0.2, 0) is 4.74 Å². The van der Waals surface area contributed by atoms with Gasteiger partial charge in [-0.2, -0.15) is 0 Å². The lowest BCUT2D eigenvalue weighted by Gasteiger charge is -2.39. The summed E-state index contributed by atoms with van der Waals surface area (Å²) in [5.41, 5.74) is 1.42. The van der Waals surface area contributed by atoms with Crippen LogP contribution in [0.25, 0.3) is 0 Å². The SMILES string of the molecule is CCC1(C)CC(N[C@H](C)c2ccccc2)CCO1. The third-order valence-corrected chi connectivity index (χ3v) is 4.13. The number of benzene rings is 1. The van der Waals surface area contributed by atoms with E-state index in [1.54, 1.807) is 0 Å². The first-order chi connectivity index (χ1) is 8.63. The minimum absolute atomic E-state index is 0.0618. The molecule has 1 aromatic carbocycles. The van der Waals surface area contributed by atoms with E-state index in [2.05, 4.69) is 56.4 Å². The van der Waals surface area contributed by atoms with Gasteiger partial charge in [-0.1, -0.05) is 37.3 Å². The summed E-state index contributed by atoms with van der Waals surface area (Å²) in [6, 6.07) is 11.6. The Bertz CT molecular complexity index is 365. The third-order valence-electron chi connectivity index (χ3n) is 4.13. The Labute approximate surface area is 111 Å². The molecule has 1 heterocycles. The van der Waals surface area contributed by atoms with Crippen molar-refractivity contribution < 1.29 is 4.74 Å². The van der Waals surface area contributed by atoms with Crippen molar-refractivity contribution in [2.24, 2.45) is 0 Å². The zero-order valence-electron chi connectivity index (χ0n) is 11.8. The molecule has 1 aliphatic rings. The summed E-state index contributed by atoms with van der Waals surface area (Å²) in [5, 5.41) is 3.74. The Kier molecular flexibility index (Phi) is 4.41. The maximum Gasteiger partial charge on any atom is 0.0666 e. The van der Waals surface area contributed by atoms with Crippen LogP contribution in [0.3, 0.4) is 0 Å². The summed E-state index contributed by atoms with van der Waals surface area (Å²) < 4.78 is 5.89. The Morgan fingerprint density at radius 3 is 2.78 bits per heavy atom. The quantitative estimate of drug-likeness (QED) is 0.876. The van der Waals surface area contributed by atoms with Crippen molar-refractivity contribution in [1.29, 1.82) is 0 Å². The molecular weight excluding hydrogens is 222 g/mol. The highest BCUT2D eigenvalue weighted by Crippen LogP contribution is 2.29. The van der Waals surface area contributed by atoms with Crippen molar-refractivity contribution in [3.63, 3.8) is 0 Å². The van der Waals surface area contributed by atoms with E-state index in [0.29, 0.717) is 12.1 Å². The van der Waals surface area contributed by atoms with Gasteiger partial charge in [-0.15, -0.1) is 0 Å². The first kappa shape index (κ1) is 13.6. The number of rotatable bonds is 4. The number of hydrogen-bond acceptors (Lipinski definition) is 2. The van der Waals surface area contributed by atoms with Gasteiger partial charge < -0.3 is 10.1 Å². The number of hydrogen-bond donors (Lipinski definition) is 1. The smallest absolute Gasteiger partial charge is 0.0666 e. The van der Waals surface area contributed by atoms with Crippen LogP contribution in [0.15, 0.2) is 30.3 Å². The standard InChI is InChI=1S/C16H25NO/c1-4-16(3)12-15(10-11-18-16)17-13(2)14-8-6-5-7-9-14/h5-9,13,15,17H,4,10-12H2,1-3H3/t13-,15?,16?/m1/s1. The third kappa shape index (κ3) is 3.33. The van der Waals surface area contributed by atoms with Gasteiger partial charge in [0.2, 0.25) is 0 Å². The molecule has 100 valence electrons. The molecule has 0 saturated carbocycles. The van der Waals surface area contributed by atoms with E-state index in [-0.39, 0.29) is 5.60 Å². The maximum absolute atomic E-state index is 5.89. The second-order valence-corrected chi connectivity index (χ2v) is 5.64. The Morgan fingerprint density at radius 2 is 2.11 bits per heavy atom. The Hall–Kier alpha value is -0.860. The average Bonchev–Trinajstić information content (AvgIpc) is 2.40. The topological polar surface area (TPSA) is 21.3 Å². The number of nitrogens with one attached hydrogen (secondary N) is 1. The van der Waals surface area contributed by atoms with Crippen LogP contribution < -0.4 is 5.32 Å². The molecule has 0 aromatic heterocycles. The molecule has 0 radical (unpaired) electrons. The highest BCUT2D eigenvalue weighted by Gasteiger charge is 2.32. The Morgan fingerprint density at radius 1 is 1.39 bits per heavy atom. The molecule has 18 heavy (non-hydrogen) atoms. The zero-order chi connectivity index (χ0) is 13.0. The van der Waals surface area contributed by atoms with E-state index in [4.69, 9.17) is 4.74 Å². The second-order valence-electron chi connectivity index (χ2n) is 5.64. The van der Waals surface area contributed by atoms with Crippen LogP contribution in [0, 0.1) is 0 Å². The second kappa shape index (κ2) is 5.85. The largest absolute Gasteiger partial charge is 0.375 e. The lowest BCUT2D eigenvalue weighted by molar-refractivity contribution is -0.0789. The molecule has 2 unspecified atom stereocenters. The van der Waals surface area contributed by atoms with Crippen LogP contribution in [0.5, 0.6) is 0 Å². The molecule has 1 saturated heterocycles. The predicted molar refractivity (Wildman–Crippen MR) is 75.7 cm³/mol. The summed E-state index contributed by atoms with van der Waals surface area (Å²) in [4.78, 5) is 0. The molecule has 0 spiro atoms. The van der Waals surface area contributed by atoms with E-state index in [9.17, 15) is 0 Å². The summed E-state index contributed by atoms with van der Waals surface area (Å²) in [6.07, 6.45) is 3.32. The van der Waals surface area contributed by atoms with Crippen molar-refractivity contribution in [2.45, 2.75) is 57.7 Å². The van der Waals surface area contributed by atoms with Gasteiger partial charge in [0.05, 0.1) is 5.60 Å². The average molecular weight is 247 g/mol. The Balaban J connectivity index is 1.93. The van der Waals surface area contributed by atoms with Gasteiger partial charge in [-0.25, -0.2) is 0 Å². The van der Waals surface area contributed by atoms with Gasteiger partial charge in [0, 0.05) is 18.7 Å².